The number of rotatable bonds is 7. The van der Waals surface area contributed by atoms with Crippen LogP contribution in [0.2, 0.25) is 0 Å². The van der Waals surface area contributed by atoms with E-state index in [9.17, 15) is 13.2 Å². The van der Waals surface area contributed by atoms with Gasteiger partial charge in [-0.2, -0.15) is 4.31 Å². The number of thioether (sulfide) groups is 1. The minimum atomic E-state index is -3.55. The highest BCUT2D eigenvalue weighted by atomic mass is 32.2. The second-order valence-corrected chi connectivity index (χ2v) is 8.83. The Labute approximate surface area is 163 Å². The van der Waals surface area contributed by atoms with Crippen molar-refractivity contribution in [3.63, 3.8) is 0 Å². The van der Waals surface area contributed by atoms with E-state index < -0.39 is 10.0 Å². The zero-order chi connectivity index (χ0) is 19.1. The summed E-state index contributed by atoms with van der Waals surface area (Å²) in [5.41, 5.74) is 1.03. The Bertz CT molecular complexity index is 852. The third-order valence-electron chi connectivity index (χ3n) is 4.00. The molecule has 1 aliphatic rings. The van der Waals surface area contributed by atoms with Crippen LogP contribution in [0.4, 0.5) is 0 Å². The molecule has 0 bridgehead atoms. The molecule has 2 aromatic rings. The van der Waals surface area contributed by atoms with Crippen molar-refractivity contribution < 1.29 is 17.9 Å². The molecule has 144 valence electrons. The summed E-state index contributed by atoms with van der Waals surface area (Å²) in [4.78, 5) is 16.3. The number of nitrogens with one attached hydrogen (secondary N) is 1. The van der Waals surface area contributed by atoms with Gasteiger partial charge in [0.25, 0.3) is 0 Å². The number of pyridine rings is 1. The Hall–Kier alpha value is -1.94. The van der Waals surface area contributed by atoms with E-state index in [0.29, 0.717) is 37.9 Å². The molecule has 1 amide bonds. The molecule has 1 N–H and O–H groups in total. The summed E-state index contributed by atoms with van der Waals surface area (Å²) in [5.74, 6) is 0.116. The maximum atomic E-state index is 12.5. The largest absolute Gasteiger partial charge is 0.379 e. The molecule has 0 unspecified atom stereocenters. The van der Waals surface area contributed by atoms with Crippen molar-refractivity contribution in [2.45, 2.75) is 16.5 Å². The highest BCUT2D eigenvalue weighted by Crippen LogP contribution is 2.20. The van der Waals surface area contributed by atoms with E-state index in [2.05, 4.69) is 10.3 Å². The van der Waals surface area contributed by atoms with Gasteiger partial charge in [-0.15, -0.1) is 0 Å². The van der Waals surface area contributed by atoms with E-state index in [4.69, 9.17) is 4.74 Å². The summed E-state index contributed by atoms with van der Waals surface area (Å²) in [6.45, 7) is 1.97. The number of hydrogen-bond acceptors (Lipinski definition) is 6. The quantitative estimate of drug-likeness (QED) is 0.700. The minimum absolute atomic E-state index is 0.101. The molecule has 0 aliphatic carbocycles. The number of carbonyl (C=O) groups excluding carboxylic acids is 1. The van der Waals surface area contributed by atoms with E-state index in [1.807, 2.05) is 30.3 Å². The van der Waals surface area contributed by atoms with E-state index in [-0.39, 0.29) is 16.6 Å². The Morgan fingerprint density at radius 2 is 1.89 bits per heavy atom. The van der Waals surface area contributed by atoms with Gasteiger partial charge in [-0.05, 0) is 17.7 Å². The molecule has 9 heteroatoms. The molecule has 7 nitrogen and oxygen atoms in total. The molecule has 2 heterocycles. The third kappa shape index (κ3) is 5.52. The van der Waals surface area contributed by atoms with Gasteiger partial charge in [0.2, 0.25) is 15.9 Å². The second-order valence-electron chi connectivity index (χ2n) is 5.90. The molecular weight excluding hydrogens is 386 g/mol. The number of hydrogen-bond donors (Lipinski definition) is 1. The maximum absolute atomic E-state index is 12.5. The first-order valence-corrected chi connectivity index (χ1v) is 11.0. The molecule has 1 aliphatic heterocycles. The van der Waals surface area contributed by atoms with Gasteiger partial charge >= 0.3 is 0 Å². The van der Waals surface area contributed by atoms with Crippen molar-refractivity contribution in [3.05, 3.63) is 54.2 Å². The number of ether oxygens (including phenoxy) is 1. The fourth-order valence-corrected chi connectivity index (χ4v) is 4.55. The lowest BCUT2D eigenvalue weighted by Gasteiger charge is -2.25. The predicted octanol–water partition coefficient (Wildman–Crippen LogP) is 1.51. The lowest BCUT2D eigenvalue weighted by Crippen LogP contribution is -2.40. The Morgan fingerprint density at radius 3 is 2.56 bits per heavy atom. The van der Waals surface area contributed by atoms with Crippen molar-refractivity contribution in [1.29, 1.82) is 0 Å². The summed E-state index contributed by atoms with van der Waals surface area (Å²) in [6.07, 6.45) is 1.34. The molecule has 0 atom stereocenters. The first-order chi connectivity index (χ1) is 13.1. The van der Waals surface area contributed by atoms with Gasteiger partial charge in [-0.3, -0.25) is 4.79 Å². The molecule has 3 rings (SSSR count). The van der Waals surface area contributed by atoms with Gasteiger partial charge in [0, 0.05) is 25.8 Å². The number of carbonyl (C=O) groups is 1. The van der Waals surface area contributed by atoms with E-state index >= 15 is 0 Å². The van der Waals surface area contributed by atoms with Crippen molar-refractivity contribution in [2.24, 2.45) is 0 Å². The number of aromatic nitrogens is 1. The molecular formula is C18H21N3O4S2. The first-order valence-electron chi connectivity index (χ1n) is 8.53. The Kier molecular flexibility index (Phi) is 6.84. The Balaban J connectivity index is 1.50. The zero-order valence-electron chi connectivity index (χ0n) is 14.7. The van der Waals surface area contributed by atoms with Gasteiger partial charge in [-0.25, -0.2) is 13.4 Å². The summed E-state index contributed by atoms with van der Waals surface area (Å²) in [7, 11) is -3.55. The normalized spacial score (nSPS) is 15.4. The molecule has 0 radical (unpaired) electrons. The van der Waals surface area contributed by atoms with E-state index in [1.54, 1.807) is 6.07 Å². The van der Waals surface area contributed by atoms with Crippen LogP contribution in [0.3, 0.4) is 0 Å². The molecule has 1 aromatic heterocycles. The molecule has 0 saturated carbocycles. The lowest BCUT2D eigenvalue weighted by molar-refractivity contribution is -0.118. The fraction of sp³-hybridized carbons (Fsp3) is 0.333. The van der Waals surface area contributed by atoms with Crippen LogP contribution in [0.5, 0.6) is 0 Å². The standard InChI is InChI=1S/C18H21N3O4S2/c22-17(19-12-15-4-2-1-3-5-15)14-26-18-7-6-16(13-20-18)27(23,24)21-8-10-25-11-9-21/h1-7,13H,8-12,14H2,(H,19,22). The van der Waals surface area contributed by atoms with Crippen molar-refractivity contribution in [3.8, 4) is 0 Å². The molecule has 1 fully saturated rings. The topological polar surface area (TPSA) is 88.6 Å². The van der Waals surface area contributed by atoms with Gasteiger partial charge in [-0.1, -0.05) is 42.1 Å². The minimum Gasteiger partial charge on any atom is -0.379 e. The molecule has 1 saturated heterocycles. The second kappa shape index (κ2) is 9.32. The Morgan fingerprint density at radius 1 is 1.15 bits per heavy atom. The highest BCUT2D eigenvalue weighted by Gasteiger charge is 2.26. The van der Waals surface area contributed by atoms with Gasteiger partial charge < -0.3 is 10.1 Å². The van der Waals surface area contributed by atoms with Crippen molar-refractivity contribution in [2.75, 3.05) is 32.1 Å². The predicted molar refractivity (Wildman–Crippen MR) is 103 cm³/mol. The van der Waals surface area contributed by atoms with Crippen LogP contribution in [0.25, 0.3) is 0 Å². The average molecular weight is 408 g/mol. The van der Waals surface area contributed by atoms with Crippen LogP contribution in [0.15, 0.2) is 58.6 Å². The number of amides is 1. The van der Waals surface area contributed by atoms with Crippen LogP contribution < -0.4 is 5.32 Å². The smallest absolute Gasteiger partial charge is 0.244 e. The highest BCUT2D eigenvalue weighted by molar-refractivity contribution is 7.99. The van der Waals surface area contributed by atoms with Crippen LogP contribution in [-0.2, 0) is 26.1 Å². The third-order valence-corrected chi connectivity index (χ3v) is 6.83. The number of benzene rings is 1. The van der Waals surface area contributed by atoms with Crippen molar-refractivity contribution in [1.82, 2.24) is 14.6 Å². The fourth-order valence-electron chi connectivity index (χ4n) is 2.53. The number of nitrogens with zero attached hydrogens (tertiary/aromatic N) is 2. The van der Waals surface area contributed by atoms with Gasteiger partial charge in [0.15, 0.2) is 0 Å². The average Bonchev–Trinajstić information content (AvgIpc) is 2.72. The molecule has 1 aromatic carbocycles. The zero-order valence-corrected chi connectivity index (χ0v) is 16.3. The monoisotopic (exact) mass is 407 g/mol. The summed E-state index contributed by atoms with van der Waals surface area (Å²) in [6, 6.07) is 12.8. The van der Waals surface area contributed by atoms with Crippen LogP contribution in [0, 0.1) is 0 Å². The van der Waals surface area contributed by atoms with E-state index in [0.717, 1.165) is 5.56 Å². The van der Waals surface area contributed by atoms with Crippen LogP contribution in [0.1, 0.15) is 5.56 Å². The van der Waals surface area contributed by atoms with Crippen LogP contribution in [-0.4, -0.2) is 55.7 Å². The van der Waals surface area contributed by atoms with Crippen molar-refractivity contribution >= 4 is 27.7 Å². The number of morpholine rings is 1. The van der Waals surface area contributed by atoms with Gasteiger partial charge in [0.05, 0.1) is 24.0 Å². The maximum Gasteiger partial charge on any atom is 0.244 e. The van der Waals surface area contributed by atoms with Crippen LogP contribution >= 0.6 is 11.8 Å². The van der Waals surface area contributed by atoms with E-state index in [1.165, 1.54) is 28.3 Å². The summed E-state index contributed by atoms with van der Waals surface area (Å²) in [5, 5.41) is 3.45. The summed E-state index contributed by atoms with van der Waals surface area (Å²) < 4.78 is 31.7. The van der Waals surface area contributed by atoms with Gasteiger partial charge in [0.1, 0.15) is 4.90 Å². The molecule has 0 spiro atoms. The summed E-state index contributed by atoms with van der Waals surface area (Å²) >= 11 is 1.27. The first kappa shape index (κ1) is 19.8. The number of sulfonamides is 1. The lowest BCUT2D eigenvalue weighted by atomic mass is 10.2. The SMILES string of the molecule is O=C(CSc1ccc(S(=O)(=O)N2CCOCC2)cn1)NCc1ccccc1. The molecule has 27 heavy (non-hydrogen) atoms.